The molecule has 2 rings (SSSR count). The van der Waals surface area contributed by atoms with E-state index in [9.17, 15) is 19.5 Å². The number of thioether (sulfide) groups is 1. The molecule has 140 valence electrons. The summed E-state index contributed by atoms with van der Waals surface area (Å²) in [4.78, 5) is 36.3. The van der Waals surface area contributed by atoms with E-state index >= 15 is 0 Å². The molecule has 2 unspecified atom stereocenters. The number of aryl methyl sites for hydroxylation is 1. The van der Waals surface area contributed by atoms with Crippen molar-refractivity contribution >= 4 is 29.4 Å². The van der Waals surface area contributed by atoms with Gasteiger partial charge in [-0.05, 0) is 36.8 Å². The molecule has 1 heterocycles. The molecule has 2 atom stereocenters. The Balaban J connectivity index is 2.11. The van der Waals surface area contributed by atoms with E-state index in [-0.39, 0.29) is 17.2 Å². The number of aliphatic hydroxyl groups excluding tert-OH is 1. The third kappa shape index (κ3) is 5.11. The first-order valence-corrected chi connectivity index (χ1v) is 9.91. The molecule has 1 aliphatic heterocycles. The molecule has 1 aliphatic rings. The molecular formula is C19H24N2O4S. The summed E-state index contributed by atoms with van der Waals surface area (Å²) < 4.78 is 0. The standard InChI is InChI=1S/C19H24N2O4S/c1-12(22)20-15(10-11-26-2)18(24)16-17(23)14(21-19(16)25)9-8-13-6-4-3-5-7-13/h3-7,14-15,23H,8-11H2,1-2H3,(H,20,22)(H,21,25). The number of aliphatic hydroxyl groups is 1. The number of hydrogen-bond acceptors (Lipinski definition) is 5. The van der Waals surface area contributed by atoms with Crippen LogP contribution in [0.25, 0.3) is 0 Å². The first kappa shape index (κ1) is 20.0. The Bertz CT molecular complexity index is 703. The van der Waals surface area contributed by atoms with Crippen LogP contribution in [0.3, 0.4) is 0 Å². The van der Waals surface area contributed by atoms with Crippen molar-refractivity contribution in [2.75, 3.05) is 12.0 Å². The molecule has 7 heteroatoms. The van der Waals surface area contributed by atoms with Gasteiger partial charge in [0.15, 0.2) is 5.78 Å². The van der Waals surface area contributed by atoms with Crippen LogP contribution in [0.5, 0.6) is 0 Å². The van der Waals surface area contributed by atoms with Crippen LogP contribution in [0, 0.1) is 0 Å². The van der Waals surface area contributed by atoms with Gasteiger partial charge in [0.25, 0.3) is 5.91 Å². The highest BCUT2D eigenvalue weighted by Crippen LogP contribution is 2.22. The Morgan fingerprint density at radius 2 is 2.00 bits per heavy atom. The number of carbonyl (C=O) groups is 3. The average molecular weight is 376 g/mol. The molecule has 0 bridgehead atoms. The van der Waals surface area contributed by atoms with Gasteiger partial charge in [0.2, 0.25) is 5.91 Å². The lowest BCUT2D eigenvalue weighted by molar-refractivity contribution is -0.127. The normalized spacial score (nSPS) is 17.8. The van der Waals surface area contributed by atoms with Crippen molar-refractivity contribution in [3.63, 3.8) is 0 Å². The van der Waals surface area contributed by atoms with E-state index < -0.39 is 23.8 Å². The monoisotopic (exact) mass is 376 g/mol. The summed E-state index contributed by atoms with van der Waals surface area (Å²) in [7, 11) is 0. The zero-order valence-corrected chi connectivity index (χ0v) is 15.8. The minimum Gasteiger partial charge on any atom is -0.509 e. The van der Waals surface area contributed by atoms with Crippen LogP contribution < -0.4 is 10.6 Å². The second-order valence-corrected chi connectivity index (χ2v) is 7.19. The maximum atomic E-state index is 12.7. The highest BCUT2D eigenvalue weighted by Gasteiger charge is 2.38. The summed E-state index contributed by atoms with van der Waals surface area (Å²) in [6, 6.07) is 8.33. The lowest BCUT2D eigenvalue weighted by Gasteiger charge is -2.16. The van der Waals surface area contributed by atoms with Gasteiger partial charge in [0, 0.05) is 6.92 Å². The van der Waals surface area contributed by atoms with Crippen LogP contribution >= 0.6 is 11.8 Å². The Kier molecular flexibility index (Phi) is 7.26. The predicted octanol–water partition coefficient (Wildman–Crippen LogP) is 1.76. The summed E-state index contributed by atoms with van der Waals surface area (Å²) in [6.45, 7) is 1.32. The Labute approximate surface area is 157 Å². The highest BCUT2D eigenvalue weighted by atomic mass is 32.2. The predicted molar refractivity (Wildman–Crippen MR) is 102 cm³/mol. The van der Waals surface area contributed by atoms with Gasteiger partial charge in [0.1, 0.15) is 11.3 Å². The largest absolute Gasteiger partial charge is 0.509 e. The highest BCUT2D eigenvalue weighted by molar-refractivity contribution is 7.98. The van der Waals surface area contributed by atoms with Crippen LogP contribution in [0.4, 0.5) is 0 Å². The molecule has 0 saturated carbocycles. The molecule has 6 nitrogen and oxygen atoms in total. The molecule has 1 aromatic rings. The Morgan fingerprint density at radius 1 is 1.31 bits per heavy atom. The van der Waals surface area contributed by atoms with Crippen molar-refractivity contribution in [2.45, 2.75) is 38.3 Å². The molecule has 0 aliphatic carbocycles. The molecule has 0 spiro atoms. The smallest absolute Gasteiger partial charge is 0.259 e. The van der Waals surface area contributed by atoms with Crippen molar-refractivity contribution in [3.8, 4) is 0 Å². The van der Waals surface area contributed by atoms with Gasteiger partial charge in [-0.3, -0.25) is 14.4 Å². The van der Waals surface area contributed by atoms with Crippen molar-refractivity contribution < 1.29 is 19.5 Å². The summed E-state index contributed by atoms with van der Waals surface area (Å²) in [5.41, 5.74) is 0.855. The number of nitrogens with one attached hydrogen (secondary N) is 2. The van der Waals surface area contributed by atoms with E-state index in [4.69, 9.17) is 0 Å². The zero-order chi connectivity index (χ0) is 19.1. The van der Waals surface area contributed by atoms with E-state index in [1.807, 2.05) is 36.6 Å². The van der Waals surface area contributed by atoms with E-state index in [0.29, 0.717) is 25.0 Å². The van der Waals surface area contributed by atoms with E-state index in [2.05, 4.69) is 10.6 Å². The van der Waals surface area contributed by atoms with E-state index in [1.165, 1.54) is 6.92 Å². The van der Waals surface area contributed by atoms with Crippen LogP contribution in [-0.2, 0) is 20.8 Å². The van der Waals surface area contributed by atoms with E-state index in [0.717, 1.165) is 5.56 Å². The number of rotatable bonds is 9. The van der Waals surface area contributed by atoms with Crippen molar-refractivity contribution in [3.05, 3.63) is 47.2 Å². The van der Waals surface area contributed by atoms with Gasteiger partial charge in [-0.25, -0.2) is 0 Å². The topological polar surface area (TPSA) is 95.5 Å². The van der Waals surface area contributed by atoms with Gasteiger partial charge in [0.05, 0.1) is 12.1 Å². The lowest BCUT2D eigenvalue weighted by atomic mass is 9.99. The van der Waals surface area contributed by atoms with Crippen LogP contribution in [0.2, 0.25) is 0 Å². The zero-order valence-electron chi connectivity index (χ0n) is 15.0. The second kappa shape index (κ2) is 9.43. The summed E-state index contributed by atoms with van der Waals surface area (Å²) in [5.74, 6) is -1.03. The second-order valence-electron chi connectivity index (χ2n) is 6.21. The Hall–Kier alpha value is -2.28. The summed E-state index contributed by atoms with van der Waals surface area (Å²) >= 11 is 1.54. The van der Waals surface area contributed by atoms with Crippen molar-refractivity contribution in [2.24, 2.45) is 0 Å². The molecule has 0 radical (unpaired) electrons. The number of carbonyl (C=O) groups excluding carboxylic acids is 3. The Morgan fingerprint density at radius 3 is 2.62 bits per heavy atom. The fourth-order valence-electron chi connectivity index (χ4n) is 2.92. The number of amides is 2. The quantitative estimate of drug-likeness (QED) is 0.571. The number of Topliss-reactive ketones (excluding diaryl/α,β-unsaturated/α-hetero) is 1. The molecule has 2 amide bonds. The SMILES string of the molecule is CSCCC(NC(C)=O)C(=O)C1=C(O)C(CCc2ccccc2)NC1=O. The van der Waals surface area contributed by atoms with Gasteiger partial charge >= 0.3 is 0 Å². The third-order valence-corrected chi connectivity index (χ3v) is 4.88. The van der Waals surface area contributed by atoms with Crippen LogP contribution in [0.15, 0.2) is 41.7 Å². The molecule has 0 saturated heterocycles. The van der Waals surface area contributed by atoms with Crippen molar-refractivity contribution in [1.29, 1.82) is 0 Å². The summed E-state index contributed by atoms with van der Waals surface area (Å²) in [6.07, 6.45) is 3.46. The number of ketones is 1. The molecule has 0 fully saturated rings. The molecule has 3 N–H and O–H groups in total. The summed E-state index contributed by atoms with van der Waals surface area (Å²) in [5, 5.41) is 15.7. The fourth-order valence-corrected chi connectivity index (χ4v) is 3.39. The van der Waals surface area contributed by atoms with E-state index in [1.54, 1.807) is 11.8 Å². The fraction of sp³-hybridized carbons (Fsp3) is 0.421. The molecule has 1 aromatic carbocycles. The maximum absolute atomic E-state index is 12.7. The molecular weight excluding hydrogens is 352 g/mol. The van der Waals surface area contributed by atoms with Crippen LogP contribution in [-0.4, -0.2) is 46.8 Å². The third-order valence-electron chi connectivity index (χ3n) is 4.23. The van der Waals surface area contributed by atoms with Gasteiger partial charge in [-0.15, -0.1) is 0 Å². The molecule has 26 heavy (non-hydrogen) atoms. The number of hydrogen-bond donors (Lipinski definition) is 3. The molecule has 0 aromatic heterocycles. The number of benzene rings is 1. The average Bonchev–Trinajstić information content (AvgIpc) is 2.90. The minimum absolute atomic E-state index is 0.226. The minimum atomic E-state index is -0.810. The van der Waals surface area contributed by atoms with Crippen LogP contribution in [0.1, 0.15) is 25.3 Å². The first-order valence-electron chi connectivity index (χ1n) is 8.52. The van der Waals surface area contributed by atoms with Gasteiger partial charge < -0.3 is 15.7 Å². The first-order chi connectivity index (χ1) is 12.4. The van der Waals surface area contributed by atoms with Gasteiger partial charge in [-0.1, -0.05) is 30.3 Å². The van der Waals surface area contributed by atoms with Crippen molar-refractivity contribution in [1.82, 2.24) is 10.6 Å². The van der Waals surface area contributed by atoms with Gasteiger partial charge in [-0.2, -0.15) is 11.8 Å². The maximum Gasteiger partial charge on any atom is 0.259 e. The lowest BCUT2D eigenvalue weighted by Crippen LogP contribution is -2.42.